The van der Waals surface area contributed by atoms with Crippen LogP contribution in [0.25, 0.3) is 0 Å². The molecule has 0 unspecified atom stereocenters. The minimum absolute atomic E-state index is 0.0376. The molecule has 1 aromatic carbocycles. The van der Waals surface area contributed by atoms with Crippen LogP contribution >= 0.6 is 0 Å². The lowest BCUT2D eigenvalue weighted by Gasteiger charge is -2.35. The summed E-state index contributed by atoms with van der Waals surface area (Å²) in [7, 11) is 0. The van der Waals surface area contributed by atoms with E-state index in [1.807, 2.05) is 11.0 Å². The van der Waals surface area contributed by atoms with E-state index in [2.05, 4.69) is 60.2 Å². The fraction of sp³-hybridized carbons (Fsp3) is 0.571. The van der Waals surface area contributed by atoms with Crippen LogP contribution in [0, 0.1) is 11.8 Å². The van der Waals surface area contributed by atoms with E-state index >= 15 is 0 Å². The zero-order valence-corrected chi connectivity index (χ0v) is 21.2. The third-order valence-corrected chi connectivity index (χ3v) is 7.66. The van der Waals surface area contributed by atoms with E-state index in [-0.39, 0.29) is 24.0 Å². The Hall–Kier alpha value is -2.64. The number of nitrogens with one attached hydrogen (secondary N) is 1. The van der Waals surface area contributed by atoms with Crippen LogP contribution in [0.3, 0.4) is 0 Å². The summed E-state index contributed by atoms with van der Waals surface area (Å²) in [5, 5.41) is 3.50. The number of hydrogen-bond donors (Lipinski definition) is 1. The number of nitrogens with zero attached hydrogens (tertiary/aromatic N) is 3. The highest BCUT2D eigenvalue weighted by atomic mass is 16.5. The van der Waals surface area contributed by atoms with Crippen LogP contribution in [0.1, 0.15) is 52.0 Å². The summed E-state index contributed by atoms with van der Waals surface area (Å²) in [5.74, 6) is 1.61. The van der Waals surface area contributed by atoms with Gasteiger partial charge in [0.25, 0.3) is 0 Å². The van der Waals surface area contributed by atoms with Crippen molar-refractivity contribution in [3.05, 3.63) is 42.1 Å². The third kappa shape index (κ3) is 5.31. The van der Waals surface area contributed by atoms with Crippen LogP contribution in [0.15, 0.2) is 36.5 Å². The largest absolute Gasteiger partial charge is 0.378 e. The lowest BCUT2D eigenvalue weighted by Crippen LogP contribution is -2.39. The zero-order chi connectivity index (χ0) is 24.4. The number of anilines is 4. The van der Waals surface area contributed by atoms with Gasteiger partial charge in [0.2, 0.25) is 5.91 Å². The predicted octanol–water partition coefficient (Wildman–Crippen LogP) is 5.13. The highest BCUT2D eigenvalue weighted by Crippen LogP contribution is 2.40. The molecule has 1 amide bonds. The molecule has 0 bridgehead atoms. The molecule has 2 aromatic rings. The number of amides is 1. The Morgan fingerprint density at radius 1 is 1.11 bits per heavy atom. The van der Waals surface area contributed by atoms with Gasteiger partial charge in [-0.2, -0.15) is 0 Å². The molecular weight excluding hydrogens is 440 g/mol. The number of ether oxygens (including phenoxy) is 2. The number of fused-ring (bicyclic) bond motifs is 2. The number of carbonyl (C=O) groups is 1. The number of aromatic nitrogens is 1. The van der Waals surface area contributed by atoms with Gasteiger partial charge in [-0.3, -0.25) is 4.79 Å². The van der Waals surface area contributed by atoms with Crippen LogP contribution in [0.5, 0.6) is 0 Å². The molecule has 2 fully saturated rings. The topological polar surface area (TPSA) is 66.9 Å². The summed E-state index contributed by atoms with van der Waals surface area (Å²) in [5.41, 5.74) is 4.04. The van der Waals surface area contributed by atoms with Crippen molar-refractivity contribution in [2.45, 2.75) is 65.2 Å². The third-order valence-electron chi connectivity index (χ3n) is 7.66. The van der Waals surface area contributed by atoms with Gasteiger partial charge >= 0.3 is 0 Å². The smallest absolute Gasteiger partial charge is 0.230 e. The molecular formula is C28H38N4O3. The Balaban J connectivity index is 1.40. The average molecular weight is 479 g/mol. The van der Waals surface area contributed by atoms with Gasteiger partial charge in [0.1, 0.15) is 5.82 Å². The quantitative estimate of drug-likeness (QED) is 0.643. The molecule has 0 radical (unpaired) electrons. The fourth-order valence-electron chi connectivity index (χ4n) is 5.72. The number of pyridine rings is 1. The molecule has 188 valence electrons. The maximum absolute atomic E-state index is 14.0. The number of rotatable bonds is 5. The van der Waals surface area contributed by atoms with E-state index in [4.69, 9.17) is 9.47 Å². The Labute approximate surface area is 208 Å². The lowest BCUT2D eigenvalue weighted by atomic mass is 9.79. The highest BCUT2D eigenvalue weighted by molar-refractivity contribution is 6.00. The van der Waals surface area contributed by atoms with Crippen LogP contribution in [0.2, 0.25) is 0 Å². The number of benzene rings is 1. The van der Waals surface area contributed by atoms with E-state index in [0.29, 0.717) is 12.5 Å². The van der Waals surface area contributed by atoms with E-state index < -0.39 is 0 Å². The first kappa shape index (κ1) is 24.1. The lowest BCUT2D eigenvalue weighted by molar-refractivity contribution is -0.124. The summed E-state index contributed by atoms with van der Waals surface area (Å²) in [6.07, 6.45) is 6.18. The summed E-state index contributed by atoms with van der Waals surface area (Å²) >= 11 is 0. The minimum atomic E-state index is 0.0376. The predicted molar refractivity (Wildman–Crippen MR) is 139 cm³/mol. The molecule has 7 heteroatoms. The number of morpholine rings is 1. The van der Waals surface area contributed by atoms with Crippen molar-refractivity contribution in [3.8, 4) is 0 Å². The Morgan fingerprint density at radius 3 is 2.63 bits per heavy atom. The monoisotopic (exact) mass is 478 g/mol. The van der Waals surface area contributed by atoms with Gasteiger partial charge in [-0.1, -0.05) is 6.07 Å². The first-order valence-electron chi connectivity index (χ1n) is 13.1. The van der Waals surface area contributed by atoms with E-state index in [9.17, 15) is 4.79 Å². The normalized spacial score (nSPS) is 23.2. The molecule has 2 aliphatic heterocycles. The zero-order valence-electron chi connectivity index (χ0n) is 21.2. The van der Waals surface area contributed by atoms with Gasteiger partial charge in [0.05, 0.1) is 43.3 Å². The SMILES string of the molecule is CC(C)O[C@H](C)[C@H]1CC[C@H](C(=O)N2Cc3cccnc3Nc3ccc(N4CCOCC4)cc32)CC1. The summed E-state index contributed by atoms with van der Waals surface area (Å²) in [6.45, 7) is 10.1. The second-order valence-electron chi connectivity index (χ2n) is 10.4. The molecule has 3 aliphatic rings. The fourth-order valence-corrected chi connectivity index (χ4v) is 5.72. The van der Waals surface area contributed by atoms with Gasteiger partial charge in [0.15, 0.2) is 0 Å². The van der Waals surface area contributed by atoms with Crippen molar-refractivity contribution < 1.29 is 14.3 Å². The van der Waals surface area contributed by atoms with Crippen LogP contribution in [-0.2, 0) is 20.8 Å². The summed E-state index contributed by atoms with van der Waals surface area (Å²) in [6, 6.07) is 10.4. The van der Waals surface area contributed by atoms with Crippen molar-refractivity contribution in [2.75, 3.05) is 41.4 Å². The number of hydrogen-bond acceptors (Lipinski definition) is 6. The second kappa shape index (κ2) is 10.5. The maximum atomic E-state index is 14.0. The van der Waals surface area contributed by atoms with E-state index in [1.54, 1.807) is 6.20 Å². The van der Waals surface area contributed by atoms with Crippen molar-refractivity contribution >= 4 is 28.8 Å². The minimum Gasteiger partial charge on any atom is -0.378 e. The molecule has 1 aromatic heterocycles. The molecule has 5 rings (SSSR count). The second-order valence-corrected chi connectivity index (χ2v) is 10.4. The summed E-state index contributed by atoms with van der Waals surface area (Å²) < 4.78 is 11.6. The van der Waals surface area contributed by atoms with Gasteiger partial charge in [-0.25, -0.2) is 4.98 Å². The standard InChI is InChI=1S/C28H38N4O3/c1-19(2)35-20(3)21-6-8-22(9-7-21)28(33)32-18-23-5-4-12-29-27(23)30-25-11-10-24(17-26(25)32)31-13-15-34-16-14-31/h4-5,10-12,17,19-22H,6-9,13-16,18H2,1-3H3,(H,29,30)/t20-,21-,22-/m1/s1. The molecule has 1 N–H and O–H groups in total. The van der Waals surface area contributed by atoms with Gasteiger partial charge in [0, 0.05) is 36.5 Å². The first-order valence-corrected chi connectivity index (χ1v) is 13.1. The first-order chi connectivity index (χ1) is 17.0. The number of carbonyl (C=O) groups excluding carboxylic acids is 1. The molecule has 0 spiro atoms. The van der Waals surface area contributed by atoms with Gasteiger partial charge in [-0.05, 0) is 76.6 Å². The molecule has 1 saturated heterocycles. The van der Waals surface area contributed by atoms with Crippen molar-refractivity contribution in [1.82, 2.24) is 4.98 Å². The Morgan fingerprint density at radius 2 is 1.89 bits per heavy atom. The Kier molecular flexibility index (Phi) is 7.25. The van der Waals surface area contributed by atoms with Crippen LogP contribution in [0.4, 0.5) is 22.9 Å². The van der Waals surface area contributed by atoms with Gasteiger partial charge in [-0.15, -0.1) is 0 Å². The van der Waals surface area contributed by atoms with E-state index in [1.165, 1.54) is 0 Å². The average Bonchev–Trinajstić information content (AvgIpc) is 3.05. The van der Waals surface area contributed by atoms with Crippen LogP contribution in [-0.4, -0.2) is 49.4 Å². The van der Waals surface area contributed by atoms with E-state index in [0.717, 1.165) is 80.4 Å². The molecule has 1 saturated carbocycles. The van der Waals surface area contributed by atoms with Crippen molar-refractivity contribution in [1.29, 1.82) is 0 Å². The molecule has 1 aliphatic carbocycles. The highest BCUT2D eigenvalue weighted by Gasteiger charge is 2.34. The van der Waals surface area contributed by atoms with Gasteiger partial charge < -0.3 is 24.6 Å². The molecule has 3 heterocycles. The molecule has 7 nitrogen and oxygen atoms in total. The summed E-state index contributed by atoms with van der Waals surface area (Å²) in [4.78, 5) is 22.9. The van der Waals surface area contributed by atoms with Crippen LogP contribution < -0.4 is 15.1 Å². The maximum Gasteiger partial charge on any atom is 0.230 e. The van der Waals surface area contributed by atoms with Crippen molar-refractivity contribution in [3.63, 3.8) is 0 Å². The van der Waals surface area contributed by atoms with Crippen molar-refractivity contribution in [2.24, 2.45) is 11.8 Å². The molecule has 1 atom stereocenters. The molecule has 35 heavy (non-hydrogen) atoms. The Bertz CT molecular complexity index is 1030.